The summed E-state index contributed by atoms with van der Waals surface area (Å²) < 4.78 is 0. The smallest absolute Gasteiger partial charge is 0.321 e. The second-order valence-corrected chi connectivity index (χ2v) is 5.94. The molecule has 0 unspecified atom stereocenters. The van der Waals surface area contributed by atoms with E-state index in [1.807, 2.05) is 0 Å². The van der Waals surface area contributed by atoms with Crippen molar-refractivity contribution in [2.75, 3.05) is 32.7 Å². The van der Waals surface area contributed by atoms with Crippen LogP contribution < -0.4 is 15.5 Å². The lowest BCUT2D eigenvalue weighted by Gasteiger charge is -2.31. The Hall–Kier alpha value is -1.63. The van der Waals surface area contributed by atoms with Crippen LogP contribution in [0.1, 0.15) is 32.6 Å². The van der Waals surface area contributed by atoms with Crippen LogP contribution in [0.3, 0.4) is 0 Å². The molecule has 0 bridgehead atoms. The van der Waals surface area contributed by atoms with E-state index in [4.69, 9.17) is 0 Å². The van der Waals surface area contributed by atoms with Crippen LogP contribution in [0.5, 0.6) is 0 Å². The number of quaternary nitrogens is 1. The topological polar surface area (TPSA) is 83.0 Å². The highest BCUT2D eigenvalue weighted by Gasteiger charge is 2.24. The number of hydrogen-bond acceptors (Lipinski definition) is 3. The Kier molecular flexibility index (Phi) is 5.55. The molecule has 0 aromatic rings. The van der Waals surface area contributed by atoms with Gasteiger partial charge in [0.1, 0.15) is 0 Å². The maximum atomic E-state index is 11.8. The van der Waals surface area contributed by atoms with Crippen LogP contribution in [0.2, 0.25) is 0 Å². The maximum Gasteiger partial charge on any atom is 0.321 e. The fourth-order valence-electron chi connectivity index (χ4n) is 3.00. The molecule has 1 aliphatic heterocycles. The van der Waals surface area contributed by atoms with Crippen molar-refractivity contribution in [3.05, 3.63) is 0 Å². The summed E-state index contributed by atoms with van der Waals surface area (Å²) in [5.74, 6) is -0.175. The number of nitrogens with zero attached hydrogens (tertiary/aromatic N) is 1. The second kappa shape index (κ2) is 7.40. The summed E-state index contributed by atoms with van der Waals surface area (Å²) in [5.41, 5.74) is 0. The number of imide groups is 1. The average Bonchev–Trinajstić information content (AvgIpc) is 2.91. The molecule has 0 radical (unpaired) electrons. The molecule has 118 valence electrons. The fraction of sp³-hybridized carbons (Fsp3) is 0.786. The molecule has 4 amide bonds. The Morgan fingerprint density at radius 1 is 1.14 bits per heavy atom. The van der Waals surface area contributed by atoms with E-state index in [1.165, 1.54) is 0 Å². The second-order valence-electron chi connectivity index (χ2n) is 5.94. The van der Waals surface area contributed by atoms with Crippen LogP contribution in [0.25, 0.3) is 0 Å². The van der Waals surface area contributed by atoms with Crippen molar-refractivity contribution in [2.45, 2.75) is 38.6 Å². The standard InChI is InChI=1S/C14H24N4O3/c1-11(19)18-8-6-17(7-9-18)10-13(20)16-14(21)15-12-4-2-3-5-12/h12H,2-10H2,1H3,(H2,15,16,20,21)/p+1. The zero-order chi connectivity index (χ0) is 15.2. The van der Waals surface area contributed by atoms with Gasteiger partial charge in [-0.05, 0) is 12.8 Å². The van der Waals surface area contributed by atoms with Gasteiger partial charge in [0.2, 0.25) is 5.91 Å². The lowest BCUT2D eigenvalue weighted by atomic mass is 10.2. The van der Waals surface area contributed by atoms with Crippen LogP contribution in [0, 0.1) is 0 Å². The molecule has 1 aliphatic carbocycles. The van der Waals surface area contributed by atoms with Gasteiger partial charge in [-0.3, -0.25) is 14.9 Å². The van der Waals surface area contributed by atoms with E-state index < -0.39 is 0 Å². The third-order valence-corrected chi connectivity index (χ3v) is 4.27. The van der Waals surface area contributed by atoms with Crippen molar-refractivity contribution < 1.29 is 19.3 Å². The van der Waals surface area contributed by atoms with Crippen molar-refractivity contribution >= 4 is 17.8 Å². The molecule has 2 rings (SSSR count). The number of nitrogens with one attached hydrogen (secondary N) is 3. The van der Waals surface area contributed by atoms with Gasteiger partial charge in [0.15, 0.2) is 6.54 Å². The summed E-state index contributed by atoms with van der Waals surface area (Å²) in [6, 6.07) is -0.169. The molecule has 2 aliphatic rings. The minimum Gasteiger partial charge on any atom is -0.335 e. The third kappa shape index (κ3) is 5.00. The molecule has 3 N–H and O–H groups in total. The molecule has 1 saturated carbocycles. The van der Waals surface area contributed by atoms with Gasteiger partial charge in [-0.15, -0.1) is 0 Å². The molecule has 2 fully saturated rings. The van der Waals surface area contributed by atoms with Gasteiger partial charge in [-0.1, -0.05) is 12.8 Å². The summed E-state index contributed by atoms with van der Waals surface area (Å²) in [6.45, 7) is 4.68. The molecule has 21 heavy (non-hydrogen) atoms. The van der Waals surface area contributed by atoms with Crippen molar-refractivity contribution in [1.29, 1.82) is 0 Å². The molecular formula is C14H25N4O3+. The lowest BCUT2D eigenvalue weighted by molar-refractivity contribution is -0.896. The minimum atomic E-state index is -0.381. The van der Waals surface area contributed by atoms with Crippen molar-refractivity contribution in [1.82, 2.24) is 15.5 Å². The molecule has 1 heterocycles. The van der Waals surface area contributed by atoms with E-state index in [1.54, 1.807) is 11.8 Å². The van der Waals surface area contributed by atoms with E-state index in [0.29, 0.717) is 13.1 Å². The predicted molar refractivity (Wildman–Crippen MR) is 76.7 cm³/mol. The summed E-state index contributed by atoms with van der Waals surface area (Å²) in [6.07, 6.45) is 4.28. The van der Waals surface area contributed by atoms with Gasteiger partial charge >= 0.3 is 6.03 Å². The number of rotatable bonds is 3. The zero-order valence-corrected chi connectivity index (χ0v) is 12.6. The number of carbonyl (C=O) groups is 3. The number of piperazine rings is 1. The van der Waals surface area contributed by atoms with Crippen molar-refractivity contribution in [2.24, 2.45) is 0 Å². The Morgan fingerprint density at radius 2 is 1.76 bits per heavy atom. The number of urea groups is 1. The van der Waals surface area contributed by atoms with Gasteiger partial charge in [0.05, 0.1) is 26.2 Å². The highest BCUT2D eigenvalue weighted by Crippen LogP contribution is 2.17. The van der Waals surface area contributed by atoms with Crippen LogP contribution in [0.4, 0.5) is 4.79 Å². The van der Waals surface area contributed by atoms with E-state index in [0.717, 1.165) is 43.7 Å². The summed E-state index contributed by atoms with van der Waals surface area (Å²) in [4.78, 5) is 37.6. The van der Waals surface area contributed by atoms with Crippen molar-refractivity contribution in [3.63, 3.8) is 0 Å². The first-order valence-corrected chi connectivity index (χ1v) is 7.74. The zero-order valence-electron chi connectivity index (χ0n) is 12.6. The van der Waals surface area contributed by atoms with Gasteiger partial charge in [0, 0.05) is 13.0 Å². The maximum absolute atomic E-state index is 11.8. The van der Waals surface area contributed by atoms with Crippen molar-refractivity contribution in [3.8, 4) is 0 Å². The number of carbonyl (C=O) groups excluding carboxylic acids is 3. The van der Waals surface area contributed by atoms with E-state index in [2.05, 4.69) is 10.6 Å². The summed E-state index contributed by atoms with van der Waals surface area (Å²) in [5, 5.41) is 5.23. The molecule has 0 atom stereocenters. The van der Waals surface area contributed by atoms with Gasteiger partial charge in [-0.25, -0.2) is 4.79 Å². The highest BCUT2D eigenvalue weighted by atomic mass is 16.2. The molecule has 1 saturated heterocycles. The van der Waals surface area contributed by atoms with E-state index in [-0.39, 0.29) is 30.4 Å². The minimum absolute atomic E-state index is 0.0782. The first-order valence-electron chi connectivity index (χ1n) is 7.74. The normalized spacial score (nSPS) is 20.3. The largest absolute Gasteiger partial charge is 0.335 e. The Morgan fingerprint density at radius 3 is 2.33 bits per heavy atom. The monoisotopic (exact) mass is 297 g/mol. The first-order chi connectivity index (χ1) is 10.0. The van der Waals surface area contributed by atoms with Crippen LogP contribution in [-0.4, -0.2) is 61.5 Å². The predicted octanol–water partition coefficient (Wildman–Crippen LogP) is -1.50. The Labute approximate surface area is 125 Å². The van der Waals surface area contributed by atoms with E-state index in [9.17, 15) is 14.4 Å². The summed E-state index contributed by atoms with van der Waals surface area (Å²) >= 11 is 0. The number of amides is 4. The Balaban J connectivity index is 1.65. The van der Waals surface area contributed by atoms with Gasteiger partial charge < -0.3 is 15.1 Å². The van der Waals surface area contributed by atoms with Crippen LogP contribution >= 0.6 is 0 Å². The average molecular weight is 297 g/mol. The molecule has 0 spiro atoms. The molecule has 0 aromatic heterocycles. The fourth-order valence-corrected chi connectivity index (χ4v) is 3.00. The SMILES string of the molecule is CC(=O)N1CC[NH+](CC(=O)NC(=O)NC2CCCC2)CC1. The lowest BCUT2D eigenvalue weighted by Crippen LogP contribution is -3.15. The summed E-state index contributed by atoms with van der Waals surface area (Å²) in [7, 11) is 0. The molecular weight excluding hydrogens is 272 g/mol. The number of hydrogen-bond donors (Lipinski definition) is 3. The van der Waals surface area contributed by atoms with E-state index >= 15 is 0 Å². The van der Waals surface area contributed by atoms with Crippen LogP contribution in [0.15, 0.2) is 0 Å². The Bertz CT molecular complexity index is 399. The van der Waals surface area contributed by atoms with Gasteiger partial charge in [-0.2, -0.15) is 0 Å². The van der Waals surface area contributed by atoms with Crippen LogP contribution in [-0.2, 0) is 9.59 Å². The quantitative estimate of drug-likeness (QED) is 0.593. The highest BCUT2D eigenvalue weighted by molar-refractivity contribution is 5.94. The molecule has 7 heteroatoms. The molecule has 0 aromatic carbocycles. The van der Waals surface area contributed by atoms with Gasteiger partial charge in [0.25, 0.3) is 5.91 Å². The molecule has 7 nitrogen and oxygen atoms in total. The first kappa shape index (κ1) is 15.8. The third-order valence-electron chi connectivity index (χ3n) is 4.27.